The standard InChI is InChI=1S/C19H22ClFN2O3S2/c1-3-23(4-2)28(25,26)17-9-7-16(8-10-17)22-19(24)13-27-12-14-5-6-15(20)11-18(14)21/h5-11H,3-4,12-13H2,1-2H3,(H,22,24). The van der Waals surface area contributed by atoms with Gasteiger partial charge < -0.3 is 5.32 Å². The van der Waals surface area contributed by atoms with Crippen molar-refractivity contribution in [3.05, 3.63) is 58.9 Å². The molecule has 0 saturated heterocycles. The Morgan fingerprint density at radius 2 is 1.79 bits per heavy atom. The van der Waals surface area contributed by atoms with Crippen molar-refractivity contribution < 1.29 is 17.6 Å². The third-order valence-electron chi connectivity index (χ3n) is 3.99. The molecule has 0 aromatic heterocycles. The van der Waals surface area contributed by atoms with E-state index >= 15 is 0 Å². The first-order chi connectivity index (χ1) is 13.3. The van der Waals surface area contributed by atoms with Crippen LogP contribution in [0.2, 0.25) is 5.02 Å². The van der Waals surface area contributed by atoms with Crippen LogP contribution in [0, 0.1) is 5.82 Å². The average Bonchev–Trinajstić information content (AvgIpc) is 2.65. The number of amides is 1. The van der Waals surface area contributed by atoms with E-state index in [9.17, 15) is 17.6 Å². The molecule has 0 aliphatic rings. The maximum atomic E-state index is 13.7. The highest BCUT2D eigenvalue weighted by Crippen LogP contribution is 2.21. The summed E-state index contributed by atoms with van der Waals surface area (Å²) in [5.41, 5.74) is 0.981. The third-order valence-corrected chi connectivity index (χ3v) is 7.27. The van der Waals surface area contributed by atoms with Gasteiger partial charge in [-0.1, -0.05) is 31.5 Å². The smallest absolute Gasteiger partial charge is 0.243 e. The van der Waals surface area contributed by atoms with Gasteiger partial charge in [-0.15, -0.1) is 11.8 Å². The van der Waals surface area contributed by atoms with Gasteiger partial charge in [0.05, 0.1) is 10.6 Å². The Labute approximate surface area is 174 Å². The Morgan fingerprint density at radius 3 is 2.36 bits per heavy atom. The minimum Gasteiger partial charge on any atom is -0.325 e. The molecule has 0 spiro atoms. The van der Waals surface area contributed by atoms with Gasteiger partial charge >= 0.3 is 0 Å². The van der Waals surface area contributed by atoms with Gasteiger partial charge in [0.15, 0.2) is 0 Å². The lowest BCUT2D eigenvalue weighted by molar-refractivity contribution is -0.113. The minimum atomic E-state index is -3.53. The molecule has 1 N–H and O–H groups in total. The molecule has 0 heterocycles. The molecule has 5 nitrogen and oxygen atoms in total. The minimum absolute atomic E-state index is 0.140. The quantitative estimate of drug-likeness (QED) is 0.623. The van der Waals surface area contributed by atoms with E-state index in [4.69, 9.17) is 11.6 Å². The maximum absolute atomic E-state index is 13.7. The van der Waals surface area contributed by atoms with Gasteiger partial charge in [-0.3, -0.25) is 4.79 Å². The van der Waals surface area contributed by atoms with E-state index < -0.39 is 15.8 Å². The zero-order valence-electron chi connectivity index (χ0n) is 15.6. The first-order valence-corrected chi connectivity index (χ1v) is 11.7. The first kappa shape index (κ1) is 22.7. The number of nitrogens with zero attached hydrogens (tertiary/aromatic N) is 1. The number of carbonyl (C=O) groups excluding carboxylic acids is 1. The number of hydrogen-bond donors (Lipinski definition) is 1. The van der Waals surface area contributed by atoms with Crippen LogP contribution in [0.5, 0.6) is 0 Å². The fraction of sp³-hybridized carbons (Fsp3) is 0.316. The van der Waals surface area contributed by atoms with Crippen molar-refractivity contribution in [3.8, 4) is 0 Å². The van der Waals surface area contributed by atoms with E-state index in [2.05, 4.69) is 5.32 Å². The number of nitrogens with one attached hydrogen (secondary N) is 1. The molecule has 0 atom stereocenters. The van der Waals surface area contributed by atoms with Crippen LogP contribution in [-0.2, 0) is 20.6 Å². The van der Waals surface area contributed by atoms with Crippen LogP contribution in [0.15, 0.2) is 47.4 Å². The predicted octanol–water partition coefficient (Wildman–Crippen LogP) is 4.38. The zero-order chi connectivity index (χ0) is 20.7. The van der Waals surface area contributed by atoms with Gasteiger partial charge in [0.25, 0.3) is 0 Å². The summed E-state index contributed by atoms with van der Waals surface area (Å²) in [5, 5.41) is 3.03. The Balaban J connectivity index is 1.90. The van der Waals surface area contributed by atoms with Gasteiger partial charge in [-0.05, 0) is 42.0 Å². The van der Waals surface area contributed by atoms with E-state index in [1.54, 1.807) is 38.1 Å². The average molecular weight is 445 g/mol. The molecule has 0 aliphatic heterocycles. The van der Waals surface area contributed by atoms with Crippen LogP contribution in [0.3, 0.4) is 0 Å². The summed E-state index contributed by atoms with van der Waals surface area (Å²) in [6, 6.07) is 10.5. The van der Waals surface area contributed by atoms with Gasteiger partial charge in [0.1, 0.15) is 5.82 Å². The predicted molar refractivity (Wildman–Crippen MR) is 113 cm³/mol. The molecule has 0 unspecified atom stereocenters. The normalized spacial score (nSPS) is 11.6. The Morgan fingerprint density at radius 1 is 1.14 bits per heavy atom. The summed E-state index contributed by atoms with van der Waals surface area (Å²) in [6.45, 7) is 4.35. The van der Waals surface area contributed by atoms with E-state index in [0.717, 1.165) is 0 Å². The molecule has 2 rings (SSSR count). The van der Waals surface area contributed by atoms with Crippen LogP contribution in [0.4, 0.5) is 10.1 Å². The van der Waals surface area contributed by atoms with Crippen LogP contribution < -0.4 is 5.32 Å². The Bertz CT molecular complexity index is 917. The molecule has 9 heteroatoms. The highest BCUT2D eigenvalue weighted by molar-refractivity contribution is 7.99. The van der Waals surface area contributed by atoms with Crippen molar-refractivity contribution in [2.24, 2.45) is 0 Å². The SMILES string of the molecule is CCN(CC)S(=O)(=O)c1ccc(NC(=O)CSCc2ccc(Cl)cc2F)cc1. The molecule has 152 valence electrons. The monoisotopic (exact) mass is 444 g/mol. The molecule has 1 amide bonds. The number of thioether (sulfide) groups is 1. The molecule has 2 aromatic rings. The van der Waals surface area contributed by atoms with E-state index in [-0.39, 0.29) is 16.6 Å². The van der Waals surface area contributed by atoms with Crippen molar-refractivity contribution >= 4 is 45.0 Å². The fourth-order valence-corrected chi connectivity index (χ4v) is 4.94. The summed E-state index contributed by atoms with van der Waals surface area (Å²) in [7, 11) is -3.53. The van der Waals surface area contributed by atoms with Crippen LogP contribution in [0.25, 0.3) is 0 Å². The highest BCUT2D eigenvalue weighted by Gasteiger charge is 2.21. The van der Waals surface area contributed by atoms with Gasteiger partial charge in [-0.2, -0.15) is 4.31 Å². The zero-order valence-corrected chi connectivity index (χ0v) is 18.0. The summed E-state index contributed by atoms with van der Waals surface area (Å²) in [4.78, 5) is 12.2. The van der Waals surface area contributed by atoms with E-state index in [1.807, 2.05) is 0 Å². The van der Waals surface area contributed by atoms with E-state index in [1.165, 1.54) is 34.3 Å². The number of carbonyl (C=O) groups is 1. The molecule has 2 aromatic carbocycles. The number of sulfonamides is 1. The molecule has 28 heavy (non-hydrogen) atoms. The summed E-state index contributed by atoms with van der Waals surface area (Å²) in [6.07, 6.45) is 0. The largest absolute Gasteiger partial charge is 0.325 e. The molecule has 0 radical (unpaired) electrons. The van der Waals surface area contributed by atoms with Crippen molar-refractivity contribution in [1.29, 1.82) is 0 Å². The fourth-order valence-electron chi connectivity index (χ4n) is 2.51. The van der Waals surface area contributed by atoms with Crippen molar-refractivity contribution in [2.75, 3.05) is 24.2 Å². The van der Waals surface area contributed by atoms with Crippen molar-refractivity contribution in [1.82, 2.24) is 4.31 Å². The molecule has 0 bridgehead atoms. The van der Waals surface area contributed by atoms with Gasteiger partial charge in [-0.25, -0.2) is 12.8 Å². The van der Waals surface area contributed by atoms with Crippen LogP contribution >= 0.6 is 23.4 Å². The first-order valence-electron chi connectivity index (χ1n) is 8.69. The number of benzene rings is 2. The number of hydrogen-bond acceptors (Lipinski definition) is 4. The van der Waals surface area contributed by atoms with Gasteiger partial charge in [0.2, 0.25) is 15.9 Å². The lowest BCUT2D eigenvalue weighted by Crippen LogP contribution is -2.30. The maximum Gasteiger partial charge on any atom is 0.243 e. The Kier molecular flexibility index (Phi) is 8.30. The number of rotatable bonds is 9. The van der Waals surface area contributed by atoms with Crippen LogP contribution in [-0.4, -0.2) is 37.5 Å². The van der Waals surface area contributed by atoms with Gasteiger partial charge in [0, 0.05) is 29.6 Å². The van der Waals surface area contributed by atoms with Crippen molar-refractivity contribution in [2.45, 2.75) is 24.5 Å². The molecule has 0 saturated carbocycles. The highest BCUT2D eigenvalue weighted by atomic mass is 35.5. The number of anilines is 1. The molecule has 0 fully saturated rings. The lowest BCUT2D eigenvalue weighted by Gasteiger charge is -2.18. The third kappa shape index (κ3) is 5.94. The summed E-state index contributed by atoms with van der Waals surface area (Å²) in [5.74, 6) is -0.164. The Hall–Kier alpha value is -1.61. The number of halogens is 2. The second-order valence-electron chi connectivity index (χ2n) is 5.89. The molecular weight excluding hydrogens is 423 g/mol. The molecular formula is C19H22ClFN2O3S2. The topological polar surface area (TPSA) is 66.5 Å². The summed E-state index contributed by atoms with van der Waals surface area (Å²) < 4.78 is 40.0. The second-order valence-corrected chi connectivity index (χ2v) is 9.25. The van der Waals surface area contributed by atoms with Crippen LogP contribution in [0.1, 0.15) is 19.4 Å². The second kappa shape index (κ2) is 10.2. The van der Waals surface area contributed by atoms with Crippen molar-refractivity contribution in [3.63, 3.8) is 0 Å². The molecule has 0 aliphatic carbocycles. The summed E-state index contributed by atoms with van der Waals surface area (Å²) >= 11 is 6.99. The lowest BCUT2D eigenvalue weighted by atomic mass is 10.2. The van der Waals surface area contributed by atoms with E-state index in [0.29, 0.717) is 35.1 Å².